The van der Waals surface area contributed by atoms with Gasteiger partial charge in [-0.25, -0.2) is 14.5 Å². The third kappa shape index (κ3) is 4.97. The van der Waals surface area contributed by atoms with Crippen LogP contribution >= 0.6 is 0 Å². The largest absolute Gasteiger partial charge is 0.497 e. The Hall–Kier alpha value is -4.47. The number of carbonyl (C=O) groups is 3. The van der Waals surface area contributed by atoms with Gasteiger partial charge < -0.3 is 13.9 Å². The maximum absolute atomic E-state index is 13.1. The molecule has 0 bridgehead atoms. The van der Waals surface area contributed by atoms with Crippen LogP contribution in [-0.4, -0.2) is 46.3 Å². The van der Waals surface area contributed by atoms with Crippen molar-refractivity contribution in [3.05, 3.63) is 65.2 Å². The second kappa shape index (κ2) is 10.0. The number of fused-ring (bicyclic) bond motifs is 1. The van der Waals surface area contributed by atoms with E-state index in [-0.39, 0.29) is 17.2 Å². The van der Waals surface area contributed by atoms with Gasteiger partial charge in [0.15, 0.2) is 12.3 Å². The molecule has 4 rings (SSSR count). The number of hydrogen-bond acceptors (Lipinski definition) is 8. The second-order valence-electron chi connectivity index (χ2n) is 8.48. The molecule has 0 fully saturated rings. The monoisotopic (exact) mass is 490 g/mol. The molecular weight excluding hydrogens is 464 g/mol. The van der Waals surface area contributed by atoms with Gasteiger partial charge in [-0.1, -0.05) is 0 Å². The molecule has 0 unspecified atom stereocenters. The number of carbonyl (C=O) groups excluding carboxylic acids is 3. The number of amides is 2. The van der Waals surface area contributed by atoms with Gasteiger partial charge in [0.2, 0.25) is 0 Å². The molecule has 3 aromatic heterocycles. The van der Waals surface area contributed by atoms with Crippen LogP contribution in [0.5, 0.6) is 5.75 Å². The van der Waals surface area contributed by atoms with E-state index >= 15 is 0 Å². The Kier molecular flexibility index (Phi) is 6.86. The third-order valence-electron chi connectivity index (χ3n) is 5.53. The average Bonchev–Trinajstić information content (AvgIpc) is 3.44. The molecular formula is C26H26N4O6. The molecule has 0 aliphatic carbocycles. The fourth-order valence-electron chi connectivity index (χ4n) is 3.77. The Labute approximate surface area is 207 Å². The van der Waals surface area contributed by atoms with E-state index in [0.29, 0.717) is 34.0 Å². The molecule has 0 aliphatic heterocycles. The first-order valence-electron chi connectivity index (χ1n) is 11.3. The summed E-state index contributed by atoms with van der Waals surface area (Å²) in [5, 5.41) is 7.07. The van der Waals surface area contributed by atoms with Crippen molar-refractivity contribution in [1.82, 2.24) is 20.1 Å². The predicted molar refractivity (Wildman–Crippen MR) is 131 cm³/mol. The minimum Gasteiger partial charge on any atom is -0.497 e. The molecule has 1 N–H and O–H groups in total. The number of nitrogens with one attached hydrogen (secondary N) is 1. The van der Waals surface area contributed by atoms with Crippen LogP contribution in [0.15, 0.2) is 47.0 Å². The molecule has 36 heavy (non-hydrogen) atoms. The summed E-state index contributed by atoms with van der Waals surface area (Å²) in [4.78, 5) is 42.4. The molecule has 3 heterocycles. The summed E-state index contributed by atoms with van der Waals surface area (Å²) in [7, 11) is 1.51. The summed E-state index contributed by atoms with van der Waals surface area (Å²) in [5.74, 6) is -0.159. The Morgan fingerprint density at radius 2 is 1.83 bits per heavy atom. The highest BCUT2D eigenvalue weighted by Gasteiger charge is 2.22. The van der Waals surface area contributed by atoms with Gasteiger partial charge in [0.1, 0.15) is 17.3 Å². The highest BCUT2D eigenvalue weighted by molar-refractivity contribution is 6.07. The lowest BCUT2D eigenvalue weighted by Gasteiger charge is -2.10. The summed E-state index contributed by atoms with van der Waals surface area (Å²) >= 11 is 0. The number of nitrogens with zero attached hydrogens (tertiary/aromatic N) is 3. The van der Waals surface area contributed by atoms with E-state index in [1.54, 1.807) is 29.1 Å². The van der Waals surface area contributed by atoms with Crippen LogP contribution in [0.1, 0.15) is 52.1 Å². The van der Waals surface area contributed by atoms with E-state index in [2.05, 4.69) is 10.4 Å². The van der Waals surface area contributed by atoms with Crippen molar-refractivity contribution in [2.75, 3.05) is 13.7 Å². The minimum absolute atomic E-state index is 0.00366. The molecule has 10 nitrogen and oxygen atoms in total. The number of imide groups is 1. The van der Waals surface area contributed by atoms with Crippen molar-refractivity contribution in [3.63, 3.8) is 0 Å². The SMILES string of the molecule is COc1ccc(C(=O)NC(=O)COC(=O)c2cc(-c3cc(C)oc3C)nc3c2cnn3C(C)C)cc1. The zero-order valence-corrected chi connectivity index (χ0v) is 20.6. The zero-order valence-electron chi connectivity index (χ0n) is 20.6. The van der Waals surface area contributed by atoms with Crippen LogP contribution < -0.4 is 10.1 Å². The van der Waals surface area contributed by atoms with Crippen LogP contribution in [0.3, 0.4) is 0 Å². The summed E-state index contributed by atoms with van der Waals surface area (Å²) in [6, 6.07) is 9.68. The van der Waals surface area contributed by atoms with Crippen LogP contribution in [0.25, 0.3) is 22.3 Å². The molecule has 0 saturated heterocycles. The third-order valence-corrected chi connectivity index (χ3v) is 5.53. The summed E-state index contributed by atoms with van der Waals surface area (Å²) in [5.41, 5.74) is 2.23. The fourth-order valence-corrected chi connectivity index (χ4v) is 3.77. The van der Waals surface area contributed by atoms with Crippen molar-refractivity contribution >= 4 is 28.8 Å². The second-order valence-corrected chi connectivity index (χ2v) is 8.48. The van der Waals surface area contributed by atoms with Gasteiger partial charge in [-0.15, -0.1) is 0 Å². The average molecular weight is 491 g/mol. The van der Waals surface area contributed by atoms with Crippen LogP contribution in [0.2, 0.25) is 0 Å². The number of rotatable bonds is 7. The molecule has 0 atom stereocenters. The molecule has 2 amide bonds. The minimum atomic E-state index is -0.756. The first-order valence-corrected chi connectivity index (χ1v) is 11.3. The topological polar surface area (TPSA) is 126 Å². The summed E-state index contributed by atoms with van der Waals surface area (Å²) in [6.45, 7) is 6.92. The van der Waals surface area contributed by atoms with E-state index < -0.39 is 24.4 Å². The molecule has 0 aliphatic rings. The first-order chi connectivity index (χ1) is 17.2. The number of furan rings is 1. The maximum atomic E-state index is 13.1. The van der Waals surface area contributed by atoms with E-state index in [0.717, 1.165) is 5.56 Å². The molecule has 4 aromatic rings. The Bertz CT molecular complexity index is 1450. The van der Waals surface area contributed by atoms with Crippen molar-refractivity contribution in [2.45, 2.75) is 33.7 Å². The number of aromatic nitrogens is 3. The van der Waals surface area contributed by atoms with Gasteiger partial charge in [0.25, 0.3) is 11.8 Å². The lowest BCUT2D eigenvalue weighted by Crippen LogP contribution is -2.34. The molecule has 0 radical (unpaired) electrons. The number of ether oxygens (including phenoxy) is 2. The molecule has 0 spiro atoms. The molecule has 186 valence electrons. The Balaban J connectivity index is 1.55. The van der Waals surface area contributed by atoms with E-state index in [9.17, 15) is 14.4 Å². The first kappa shape index (κ1) is 24.6. The maximum Gasteiger partial charge on any atom is 0.339 e. The fraction of sp³-hybridized carbons (Fsp3) is 0.269. The zero-order chi connectivity index (χ0) is 26.0. The van der Waals surface area contributed by atoms with Crippen molar-refractivity contribution in [3.8, 4) is 17.0 Å². The molecule has 10 heteroatoms. The summed E-state index contributed by atoms with van der Waals surface area (Å²) < 4.78 is 17.7. The van der Waals surface area contributed by atoms with Crippen LogP contribution in [0.4, 0.5) is 0 Å². The van der Waals surface area contributed by atoms with E-state index in [1.807, 2.05) is 33.8 Å². The molecule has 1 aromatic carbocycles. The van der Waals surface area contributed by atoms with Crippen LogP contribution in [0, 0.1) is 13.8 Å². The van der Waals surface area contributed by atoms with Crippen LogP contribution in [-0.2, 0) is 9.53 Å². The van der Waals surface area contributed by atoms with Gasteiger partial charge >= 0.3 is 5.97 Å². The summed E-state index contributed by atoms with van der Waals surface area (Å²) in [6.07, 6.45) is 1.55. The van der Waals surface area contributed by atoms with Gasteiger partial charge in [0, 0.05) is 17.2 Å². The van der Waals surface area contributed by atoms with Crippen molar-refractivity contribution < 1.29 is 28.3 Å². The van der Waals surface area contributed by atoms with Gasteiger partial charge in [-0.05, 0) is 64.1 Å². The van der Waals surface area contributed by atoms with Gasteiger partial charge in [-0.2, -0.15) is 5.10 Å². The number of benzene rings is 1. The standard InChI is InChI=1S/C26H26N4O6/c1-14(2)30-24-21(12-27-30)20(11-22(28-24)19-10-15(3)36-16(19)4)26(33)35-13-23(31)29-25(32)17-6-8-18(34-5)9-7-17/h6-12,14H,13H2,1-5H3,(H,29,31,32). The van der Waals surface area contributed by atoms with Gasteiger partial charge in [0.05, 0.1) is 30.0 Å². The number of methoxy groups -OCH3 is 1. The highest BCUT2D eigenvalue weighted by Crippen LogP contribution is 2.30. The number of esters is 1. The lowest BCUT2D eigenvalue weighted by atomic mass is 10.1. The smallest absolute Gasteiger partial charge is 0.339 e. The Morgan fingerprint density at radius 3 is 2.44 bits per heavy atom. The van der Waals surface area contributed by atoms with E-state index in [1.165, 1.54) is 19.2 Å². The van der Waals surface area contributed by atoms with Gasteiger partial charge in [-0.3, -0.25) is 14.9 Å². The number of pyridine rings is 1. The number of hydrogen-bond donors (Lipinski definition) is 1. The van der Waals surface area contributed by atoms with E-state index in [4.69, 9.17) is 18.9 Å². The van der Waals surface area contributed by atoms with Crippen molar-refractivity contribution in [1.29, 1.82) is 0 Å². The predicted octanol–water partition coefficient (Wildman–Crippen LogP) is 4.01. The highest BCUT2D eigenvalue weighted by atomic mass is 16.5. The normalized spacial score (nSPS) is 11.1. The molecule has 0 saturated carbocycles. The van der Waals surface area contributed by atoms with Crippen molar-refractivity contribution in [2.24, 2.45) is 0 Å². The Morgan fingerprint density at radius 1 is 1.11 bits per heavy atom. The quantitative estimate of drug-likeness (QED) is 0.385. The number of aryl methyl sites for hydroxylation is 2. The lowest BCUT2D eigenvalue weighted by molar-refractivity contribution is -0.123.